The number of hydrogen-bond donors (Lipinski definition) is 1. The summed E-state index contributed by atoms with van der Waals surface area (Å²) in [5, 5.41) is 0. The lowest BCUT2D eigenvalue weighted by Gasteiger charge is -2.11. The van der Waals surface area contributed by atoms with Gasteiger partial charge in [-0.2, -0.15) is 0 Å². The van der Waals surface area contributed by atoms with Crippen molar-refractivity contribution in [2.45, 2.75) is 13.0 Å². The molecule has 0 saturated carbocycles. The van der Waals surface area contributed by atoms with Crippen LogP contribution in [0, 0.1) is 6.07 Å². The third-order valence-corrected chi connectivity index (χ3v) is 2.79. The average molecular weight is 239 g/mol. The van der Waals surface area contributed by atoms with E-state index in [0.29, 0.717) is 5.69 Å². The largest absolute Gasteiger partial charge is 0.398 e. The maximum atomic E-state index is 5.75. The van der Waals surface area contributed by atoms with E-state index in [9.17, 15) is 0 Å². The summed E-state index contributed by atoms with van der Waals surface area (Å²) in [4.78, 5) is 2.18. The monoisotopic (exact) mass is 239 g/mol. The maximum absolute atomic E-state index is 5.75. The minimum atomic E-state index is 0.706. The molecule has 0 spiro atoms. The molecule has 18 heavy (non-hydrogen) atoms. The summed E-state index contributed by atoms with van der Waals surface area (Å²) in [6.07, 6.45) is 0.917. The molecule has 2 aromatic rings. The first kappa shape index (κ1) is 12.7. The Bertz CT molecular complexity index is 518. The number of hydrogen-bond acceptors (Lipinski definition) is 2. The van der Waals surface area contributed by atoms with Crippen LogP contribution in [0.15, 0.2) is 42.5 Å². The summed E-state index contributed by atoms with van der Waals surface area (Å²) >= 11 is 0. The van der Waals surface area contributed by atoms with Gasteiger partial charge in [0.1, 0.15) is 0 Å². The van der Waals surface area contributed by atoms with Gasteiger partial charge in [-0.25, -0.2) is 0 Å². The van der Waals surface area contributed by atoms with Crippen LogP contribution >= 0.6 is 0 Å². The van der Waals surface area contributed by atoms with Crippen molar-refractivity contribution >= 4 is 5.69 Å². The molecule has 0 aliphatic rings. The minimum absolute atomic E-state index is 0.706. The first-order valence-corrected chi connectivity index (χ1v) is 6.12. The van der Waals surface area contributed by atoms with Gasteiger partial charge in [0, 0.05) is 18.3 Å². The molecule has 2 nitrogen and oxygen atoms in total. The summed E-state index contributed by atoms with van der Waals surface area (Å²) in [5.41, 5.74) is 10.3. The molecular weight excluding hydrogens is 220 g/mol. The van der Waals surface area contributed by atoms with E-state index >= 15 is 0 Å². The molecular formula is C16H19N2. The fraction of sp³-hybridized carbons (Fsp3) is 0.250. The van der Waals surface area contributed by atoms with Gasteiger partial charge < -0.3 is 10.6 Å². The van der Waals surface area contributed by atoms with Gasteiger partial charge in [0.15, 0.2) is 0 Å². The highest BCUT2D eigenvalue weighted by Gasteiger charge is 2.00. The molecule has 93 valence electrons. The highest BCUT2D eigenvalue weighted by Crippen LogP contribution is 2.14. The molecule has 0 bridgehead atoms. The Morgan fingerprint density at radius 2 is 1.78 bits per heavy atom. The molecule has 0 heterocycles. The summed E-state index contributed by atoms with van der Waals surface area (Å²) in [6, 6.07) is 17.6. The van der Waals surface area contributed by atoms with Crippen molar-refractivity contribution in [1.82, 2.24) is 4.90 Å². The fourth-order valence-corrected chi connectivity index (χ4v) is 2.08. The highest BCUT2D eigenvalue weighted by molar-refractivity contribution is 5.41. The van der Waals surface area contributed by atoms with E-state index < -0.39 is 0 Å². The van der Waals surface area contributed by atoms with Crippen LogP contribution in [0.2, 0.25) is 0 Å². The molecule has 2 heteroatoms. The number of nitrogen functional groups attached to an aromatic ring is 1. The summed E-state index contributed by atoms with van der Waals surface area (Å²) in [5.74, 6) is 0. The van der Waals surface area contributed by atoms with Crippen molar-refractivity contribution in [1.29, 1.82) is 0 Å². The summed E-state index contributed by atoms with van der Waals surface area (Å²) < 4.78 is 0. The van der Waals surface area contributed by atoms with Gasteiger partial charge in [0.05, 0.1) is 0 Å². The van der Waals surface area contributed by atoms with Crippen LogP contribution in [-0.4, -0.2) is 19.0 Å². The van der Waals surface area contributed by atoms with Gasteiger partial charge in [0.2, 0.25) is 0 Å². The molecule has 0 amide bonds. The minimum Gasteiger partial charge on any atom is -0.398 e. The molecule has 2 aromatic carbocycles. The Hall–Kier alpha value is -1.80. The van der Waals surface area contributed by atoms with E-state index in [1.165, 1.54) is 16.7 Å². The second-order valence-corrected chi connectivity index (χ2v) is 4.89. The van der Waals surface area contributed by atoms with Crippen molar-refractivity contribution in [2.75, 3.05) is 19.8 Å². The van der Waals surface area contributed by atoms with Gasteiger partial charge in [0.25, 0.3) is 0 Å². The van der Waals surface area contributed by atoms with Gasteiger partial charge in [-0.05, 0) is 43.3 Å². The Morgan fingerprint density at radius 3 is 2.50 bits per heavy atom. The second kappa shape index (κ2) is 5.69. The molecule has 0 aliphatic heterocycles. The van der Waals surface area contributed by atoms with Crippen LogP contribution in [0.4, 0.5) is 5.69 Å². The zero-order valence-corrected chi connectivity index (χ0v) is 11.0. The van der Waals surface area contributed by atoms with Crippen LogP contribution < -0.4 is 5.73 Å². The molecule has 0 atom stereocenters. The maximum Gasteiger partial charge on any atom is 0.0397 e. The third-order valence-electron chi connectivity index (χ3n) is 2.79. The lowest BCUT2D eigenvalue weighted by Crippen LogP contribution is -2.10. The van der Waals surface area contributed by atoms with E-state index in [0.717, 1.165) is 13.0 Å². The standard InChI is InChI=1S/C16H19N2/c1-18(2)12-15-7-3-5-13(10-15)9-14-6-4-8-16(17)11-14/h3-7,10-11H,9,12,17H2,1-2H3. The fourth-order valence-electron chi connectivity index (χ4n) is 2.08. The SMILES string of the molecule is CN(C)Cc1cccc(Cc2cc[c]c(N)c2)c1. The zero-order chi connectivity index (χ0) is 13.0. The molecule has 0 aromatic heterocycles. The Labute approximate surface area is 109 Å². The van der Waals surface area contributed by atoms with Crippen molar-refractivity contribution < 1.29 is 0 Å². The molecule has 1 radical (unpaired) electrons. The van der Waals surface area contributed by atoms with Crippen molar-refractivity contribution in [2.24, 2.45) is 0 Å². The molecule has 0 aliphatic carbocycles. The van der Waals surface area contributed by atoms with Crippen LogP contribution in [0.5, 0.6) is 0 Å². The number of anilines is 1. The van der Waals surface area contributed by atoms with Crippen molar-refractivity contribution in [3.8, 4) is 0 Å². The number of nitrogens with two attached hydrogens (primary N) is 1. The van der Waals surface area contributed by atoms with E-state index in [4.69, 9.17) is 5.73 Å². The predicted octanol–water partition coefficient (Wildman–Crippen LogP) is 2.72. The Morgan fingerprint density at radius 1 is 1.06 bits per heavy atom. The average Bonchev–Trinajstić information content (AvgIpc) is 2.28. The van der Waals surface area contributed by atoms with Crippen molar-refractivity contribution in [3.63, 3.8) is 0 Å². The van der Waals surface area contributed by atoms with E-state index in [1.54, 1.807) is 0 Å². The molecule has 0 fully saturated rings. The van der Waals surface area contributed by atoms with Gasteiger partial charge in [-0.3, -0.25) is 0 Å². The third kappa shape index (κ3) is 3.60. The highest BCUT2D eigenvalue weighted by atomic mass is 15.0. The lowest BCUT2D eigenvalue weighted by atomic mass is 10.0. The smallest absolute Gasteiger partial charge is 0.0397 e. The number of nitrogens with zero attached hydrogens (tertiary/aromatic N) is 1. The topological polar surface area (TPSA) is 29.3 Å². The molecule has 0 unspecified atom stereocenters. The van der Waals surface area contributed by atoms with Gasteiger partial charge >= 0.3 is 0 Å². The van der Waals surface area contributed by atoms with E-state index in [-0.39, 0.29) is 0 Å². The number of benzene rings is 2. The molecule has 2 N–H and O–H groups in total. The quantitative estimate of drug-likeness (QED) is 0.831. The number of rotatable bonds is 4. The molecule has 2 rings (SSSR count). The predicted molar refractivity (Wildman–Crippen MR) is 76.3 cm³/mol. The lowest BCUT2D eigenvalue weighted by molar-refractivity contribution is 0.402. The van der Waals surface area contributed by atoms with Gasteiger partial charge in [-0.15, -0.1) is 0 Å². The van der Waals surface area contributed by atoms with Crippen LogP contribution in [0.25, 0.3) is 0 Å². The Kier molecular flexibility index (Phi) is 4.00. The molecule has 0 saturated heterocycles. The van der Waals surface area contributed by atoms with E-state index in [2.05, 4.69) is 55.4 Å². The van der Waals surface area contributed by atoms with Crippen LogP contribution in [0.3, 0.4) is 0 Å². The normalized spacial score (nSPS) is 10.8. The first-order chi connectivity index (χ1) is 8.63. The van der Waals surface area contributed by atoms with Crippen molar-refractivity contribution in [3.05, 3.63) is 65.2 Å². The zero-order valence-electron chi connectivity index (χ0n) is 11.0. The summed E-state index contributed by atoms with van der Waals surface area (Å²) in [6.45, 7) is 0.971. The Balaban J connectivity index is 2.14. The first-order valence-electron chi connectivity index (χ1n) is 6.12. The van der Waals surface area contributed by atoms with Gasteiger partial charge in [-0.1, -0.05) is 36.4 Å². The van der Waals surface area contributed by atoms with Crippen LogP contribution in [0.1, 0.15) is 16.7 Å². The van der Waals surface area contributed by atoms with E-state index in [1.807, 2.05) is 12.1 Å². The summed E-state index contributed by atoms with van der Waals surface area (Å²) in [7, 11) is 4.17. The second-order valence-electron chi connectivity index (χ2n) is 4.89. The van der Waals surface area contributed by atoms with Crippen LogP contribution in [-0.2, 0) is 13.0 Å².